The Bertz CT molecular complexity index is 1610. The van der Waals surface area contributed by atoms with Crippen molar-refractivity contribution in [2.45, 2.75) is 38.0 Å². The van der Waals surface area contributed by atoms with Crippen LogP contribution in [-0.2, 0) is 21.2 Å². The Morgan fingerprint density at radius 2 is 2.02 bits per heavy atom. The van der Waals surface area contributed by atoms with Crippen molar-refractivity contribution in [1.29, 1.82) is 0 Å². The first-order valence-electron chi connectivity index (χ1n) is 13.7. The fourth-order valence-electron chi connectivity index (χ4n) is 5.24. The van der Waals surface area contributed by atoms with E-state index in [0.717, 1.165) is 12.0 Å². The normalized spacial score (nSPS) is 19.0. The van der Waals surface area contributed by atoms with Crippen molar-refractivity contribution < 1.29 is 27.4 Å². The standard InChI is InChI=1S/C29H36FN5O5S/c1-18(2)17-40-29(36)28-27(23-13-21(30)4-6-25(23)33-28)24(31)16-34(32)15-19-7-10-35(11-8-19)41(37,38)22-5-3-20-9-12-39-26(20)14-22/h3-6,13-14,16,18-19,36H,7-12,15,17,31-32H2,1-2H3/p-1/b24-16-,29-28-. The number of sulfonamides is 1. The van der Waals surface area contributed by atoms with Crippen LogP contribution in [0.1, 0.15) is 32.3 Å². The molecule has 1 fully saturated rings. The largest absolute Gasteiger partial charge is 0.612 e. The zero-order chi connectivity index (χ0) is 29.3. The number of nitrogens with two attached hydrogens (primary N) is 2. The third-order valence-electron chi connectivity index (χ3n) is 7.38. The Labute approximate surface area is 239 Å². The molecule has 0 bridgehead atoms. The van der Waals surface area contributed by atoms with Crippen molar-refractivity contribution in [2.24, 2.45) is 28.4 Å². The van der Waals surface area contributed by atoms with Crippen molar-refractivity contribution >= 4 is 15.6 Å². The van der Waals surface area contributed by atoms with Gasteiger partial charge in [0.25, 0.3) is 0 Å². The van der Waals surface area contributed by atoms with E-state index in [0.29, 0.717) is 55.4 Å². The number of hydrogen-bond acceptors (Lipinski definition) is 9. The molecule has 2 aromatic carbocycles. The van der Waals surface area contributed by atoms with Gasteiger partial charge in [-0.15, -0.1) is 0 Å². The number of rotatable bonds is 9. The number of fused-ring (bicyclic) bond motifs is 2. The summed E-state index contributed by atoms with van der Waals surface area (Å²) in [5.41, 5.74) is 7.85. The van der Waals surface area contributed by atoms with E-state index >= 15 is 0 Å². The van der Waals surface area contributed by atoms with Crippen LogP contribution in [0.3, 0.4) is 0 Å². The highest BCUT2D eigenvalue weighted by atomic mass is 32.2. The highest BCUT2D eigenvalue weighted by molar-refractivity contribution is 7.89. The van der Waals surface area contributed by atoms with Crippen LogP contribution < -0.4 is 32.0 Å². The summed E-state index contributed by atoms with van der Waals surface area (Å²) in [5.74, 6) is 6.04. The van der Waals surface area contributed by atoms with Crippen LogP contribution in [0.5, 0.6) is 5.75 Å². The molecule has 10 nitrogen and oxygen atoms in total. The molecule has 3 heterocycles. The van der Waals surface area contributed by atoms with Gasteiger partial charge in [0.15, 0.2) is 0 Å². The van der Waals surface area contributed by atoms with Crippen LogP contribution >= 0.6 is 0 Å². The second-order valence-corrected chi connectivity index (χ2v) is 12.9. The predicted octanol–water partition coefficient (Wildman–Crippen LogP) is 0.823. The maximum absolute atomic E-state index is 14.1. The molecule has 3 aliphatic heterocycles. The lowest BCUT2D eigenvalue weighted by molar-refractivity contribution is -0.359. The SMILES string of the molecule is CC(C)CO/C([O-])=C1\N=c2ccc(F)cc2=C1/C(N)=C/N(N)CC1CCN(S(=O)(=O)c2ccc3c(c2)OCC3)CC1. The van der Waals surface area contributed by atoms with E-state index in [4.69, 9.17) is 21.1 Å². The molecule has 0 saturated carbocycles. The van der Waals surface area contributed by atoms with Crippen LogP contribution in [-0.4, -0.2) is 50.6 Å². The van der Waals surface area contributed by atoms with E-state index in [1.54, 1.807) is 12.1 Å². The molecular weight excluding hydrogens is 549 g/mol. The third kappa shape index (κ3) is 6.19. The van der Waals surface area contributed by atoms with Gasteiger partial charge in [0.1, 0.15) is 11.6 Å². The van der Waals surface area contributed by atoms with Crippen LogP contribution in [0.4, 0.5) is 4.39 Å². The lowest BCUT2D eigenvalue weighted by atomic mass is 9.98. The van der Waals surface area contributed by atoms with Crippen molar-refractivity contribution in [3.8, 4) is 5.75 Å². The molecule has 41 heavy (non-hydrogen) atoms. The maximum Gasteiger partial charge on any atom is 0.243 e. The van der Waals surface area contributed by atoms with E-state index in [-0.39, 0.29) is 40.3 Å². The van der Waals surface area contributed by atoms with E-state index in [1.165, 1.54) is 33.7 Å². The minimum absolute atomic E-state index is 0.00358. The fourth-order valence-corrected chi connectivity index (χ4v) is 6.73. The Kier molecular flexibility index (Phi) is 8.25. The summed E-state index contributed by atoms with van der Waals surface area (Å²) in [7, 11) is -3.64. The molecule has 0 aromatic heterocycles. The second-order valence-electron chi connectivity index (χ2n) is 11.0. The molecule has 3 aliphatic rings. The van der Waals surface area contributed by atoms with E-state index in [2.05, 4.69) is 4.99 Å². The maximum atomic E-state index is 14.1. The number of hydrogen-bond donors (Lipinski definition) is 2. The third-order valence-corrected chi connectivity index (χ3v) is 9.27. The Morgan fingerprint density at radius 3 is 2.76 bits per heavy atom. The fraction of sp³-hybridized carbons (Fsp3) is 0.414. The Balaban J connectivity index is 1.27. The Morgan fingerprint density at radius 1 is 1.27 bits per heavy atom. The molecule has 0 amide bonds. The van der Waals surface area contributed by atoms with Gasteiger partial charge in [0.2, 0.25) is 10.0 Å². The summed E-state index contributed by atoms with van der Waals surface area (Å²) in [5, 5.41) is 15.1. The molecule has 5 rings (SSSR count). The summed E-state index contributed by atoms with van der Waals surface area (Å²) >= 11 is 0. The minimum Gasteiger partial charge on any atom is -0.612 e. The van der Waals surface area contributed by atoms with Crippen LogP contribution in [0.25, 0.3) is 5.57 Å². The lowest BCUT2D eigenvalue weighted by Gasteiger charge is -2.33. The molecule has 0 spiro atoms. The zero-order valence-corrected chi connectivity index (χ0v) is 24.0. The molecule has 12 heteroatoms. The zero-order valence-electron chi connectivity index (χ0n) is 23.2. The van der Waals surface area contributed by atoms with E-state index in [1.807, 2.05) is 19.9 Å². The van der Waals surface area contributed by atoms with Crippen LogP contribution in [0.2, 0.25) is 0 Å². The summed E-state index contributed by atoms with van der Waals surface area (Å²) in [4.78, 5) is 4.60. The highest BCUT2D eigenvalue weighted by Crippen LogP contribution is 2.31. The van der Waals surface area contributed by atoms with Crippen molar-refractivity contribution in [3.63, 3.8) is 0 Å². The number of hydrazine groups is 1. The van der Waals surface area contributed by atoms with Gasteiger partial charge in [-0.05, 0) is 61.1 Å². The number of ether oxygens (including phenoxy) is 2. The number of piperidine rings is 1. The minimum atomic E-state index is -3.64. The summed E-state index contributed by atoms with van der Waals surface area (Å²) < 4.78 is 53.0. The molecule has 0 unspecified atom stereocenters. The van der Waals surface area contributed by atoms with Gasteiger partial charge in [0, 0.05) is 49.1 Å². The number of halogens is 1. The molecule has 0 atom stereocenters. The average Bonchev–Trinajstić information content (AvgIpc) is 3.56. The topological polar surface area (TPSA) is 147 Å². The molecule has 1 saturated heterocycles. The first-order chi connectivity index (χ1) is 19.5. The van der Waals surface area contributed by atoms with Crippen molar-refractivity contribution in [1.82, 2.24) is 9.31 Å². The van der Waals surface area contributed by atoms with Crippen molar-refractivity contribution in [2.75, 3.05) is 32.8 Å². The Hall–Kier alpha value is -3.61. The monoisotopic (exact) mass is 584 g/mol. The molecule has 2 aromatic rings. The quantitative estimate of drug-likeness (QED) is 0.250. The first kappa shape index (κ1) is 28.9. The summed E-state index contributed by atoms with van der Waals surface area (Å²) in [6.45, 7) is 5.74. The molecule has 0 aliphatic carbocycles. The van der Waals surface area contributed by atoms with Crippen LogP contribution in [0, 0.1) is 17.7 Å². The molecule has 220 valence electrons. The van der Waals surface area contributed by atoms with Gasteiger partial charge in [0.05, 0.1) is 34.2 Å². The number of nitrogens with zero attached hydrogens (tertiary/aromatic N) is 3. The van der Waals surface area contributed by atoms with Gasteiger partial charge in [-0.2, -0.15) is 4.31 Å². The molecule has 4 N–H and O–H groups in total. The molecule has 0 radical (unpaired) electrons. The van der Waals surface area contributed by atoms with Gasteiger partial charge in [-0.25, -0.2) is 23.6 Å². The van der Waals surface area contributed by atoms with Crippen LogP contribution in [0.15, 0.2) is 69.8 Å². The summed E-state index contributed by atoms with van der Waals surface area (Å²) in [6, 6.07) is 9.10. The van der Waals surface area contributed by atoms with Gasteiger partial charge >= 0.3 is 0 Å². The van der Waals surface area contributed by atoms with E-state index in [9.17, 15) is 17.9 Å². The van der Waals surface area contributed by atoms with Gasteiger partial charge < -0.3 is 25.3 Å². The predicted molar refractivity (Wildman–Crippen MR) is 149 cm³/mol. The molecular formula is C29H35FN5O5S-. The van der Waals surface area contributed by atoms with Gasteiger partial charge in [-0.3, -0.25) is 0 Å². The summed E-state index contributed by atoms with van der Waals surface area (Å²) in [6.07, 6.45) is 3.50. The smallest absolute Gasteiger partial charge is 0.243 e. The van der Waals surface area contributed by atoms with E-state index < -0.39 is 21.8 Å². The average molecular weight is 585 g/mol. The van der Waals surface area contributed by atoms with Gasteiger partial charge in [-0.1, -0.05) is 19.9 Å². The number of benzene rings is 2. The highest BCUT2D eigenvalue weighted by Gasteiger charge is 2.31. The first-order valence-corrected chi connectivity index (χ1v) is 15.1. The second kappa shape index (κ2) is 11.7. The van der Waals surface area contributed by atoms with Crippen molar-refractivity contribution in [3.05, 3.63) is 81.9 Å². The lowest BCUT2D eigenvalue weighted by Crippen LogP contribution is -2.42.